The average molecular weight is 255 g/mol. The van der Waals surface area contributed by atoms with Crippen molar-refractivity contribution >= 4 is 29.0 Å². The third-order valence-corrected chi connectivity index (χ3v) is 5.09. The molecule has 1 heterocycles. The van der Waals surface area contributed by atoms with Crippen LogP contribution in [0, 0.1) is 0 Å². The highest BCUT2D eigenvalue weighted by Crippen LogP contribution is 2.30. The number of hydrogen-bond donors (Lipinski definition) is 1. The lowest BCUT2D eigenvalue weighted by Crippen LogP contribution is -2.38. The van der Waals surface area contributed by atoms with E-state index in [-0.39, 0.29) is 5.91 Å². The summed E-state index contributed by atoms with van der Waals surface area (Å²) in [6.45, 7) is 2.18. The molecule has 0 spiro atoms. The first kappa shape index (κ1) is 12.0. The molecule has 1 aromatic rings. The van der Waals surface area contributed by atoms with E-state index in [1.54, 1.807) is 0 Å². The smallest absolute Gasteiger partial charge is 0.261 e. The zero-order valence-electron chi connectivity index (χ0n) is 9.44. The van der Waals surface area contributed by atoms with Crippen LogP contribution in [0.15, 0.2) is 17.5 Å². The van der Waals surface area contributed by atoms with Crippen molar-refractivity contribution in [1.82, 2.24) is 5.32 Å². The van der Waals surface area contributed by atoms with Crippen molar-refractivity contribution in [2.75, 3.05) is 5.75 Å². The predicted octanol–water partition coefficient (Wildman–Crippen LogP) is 3.15. The van der Waals surface area contributed by atoms with Crippen LogP contribution in [0.1, 0.15) is 35.9 Å². The fraction of sp³-hybridized carbons (Fsp3) is 0.583. The van der Waals surface area contributed by atoms with Gasteiger partial charge in [-0.05, 0) is 30.0 Å². The van der Waals surface area contributed by atoms with E-state index in [1.807, 2.05) is 29.3 Å². The van der Waals surface area contributed by atoms with Crippen LogP contribution >= 0.6 is 23.1 Å². The zero-order chi connectivity index (χ0) is 11.4. The van der Waals surface area contributed by atoms with E-state index in [1.165, 1.54) is 24.2 Å². The molecule has 0 radical (unpaired) electrons. The fourth-order valence-electron chi connectivity index (χ4n) is 2.15. The summed E-state index contributed by atoms with van der Waals surface area (Å²) < 4.78 is 0. The molecule has 2 atom stereocenters. The van der Waals surface area contributed by atoms with Crippen molar-refractivity contribution in [3.05, 3.63) is 22.4 Å². The minimum absolute atomic E-state index is 0.101. The molecule has 0 saturated heterocycles. The van der Waals surface area contributed by atoms with Gasteiger partial charge in [0.15, 0.2) is 0 Å². The molecule has 1 N–H and O–H groups in total. The van der Waals surface area contributed by atoms with Gasteiger partial charge in [-0.25, -0.2) is 0 Å². The molecule has 1 fully saturated rings. The first-order chi connectivity index (χ1) is 7.81. The molecule has 1 aromatic heterocycles. The monoisotopic (exact) mass is 255 g/mol. The Morgan fingerprint density at radius 2 is 2.50 bits per heavy atom. The van der Waals surface area contributed by atoms with Gasteiger partial charge in [0.2, 0.25) is 0 Å². The highest BCUT2D eigenvalue weighted by atomic mass is 32.2. The van der Waals surface area contributed by atoms with Crippen LogP contribution < -0.4 is 5.32 Å². The standard InChI is InChI=1S/C12H17NOS2/c1-2-15-10-6-3-5-9(10)13-12(14)11-7-4-8-16-11/h4,7-10H,2-3,5-6H2,1H3,(H,13,14)/t9-,10-/m0/s1. The number of thioether (sulfide) groups is 1. The summed E-state index contributed by atoms with van der Waals surface area (Å²) in [6, 6.07) is 4.18. The summed E-state index contributed by atoms with van der Waals surface area (Å²) in [6.07, 6.45) is 3.62. The molecule has 0 bridgehead atoms. The molecule has 1 saturated carbocycles. The number of thiophene rings is 1. The molecule has 0 aliphatic heterocycles. The lowest BCUT2D eigenvalue weighted by atomic mass is 10.2. The van der Waals surface area contributed by atoms with Crippen molar-refractivity contribution < 1.29 is 4.79 Å². The van der Waals surface area contributed by atoms with Gasteiger partial charge in [0.25, 0.3) is 5.91 Å². The Morgan fingerprint density at radius 1 is 1.62 bits per heavy atom. The van der Waals surface area contributed by atoms with E-state index in [0.717, 1.165) is 17.1 Å². The molecule has 1 aliphatic rings. The summed E-state index contributed by atoms with van der Waals surface area (Å²) in [7, 11) is 0. The SMILES string of the molecule is CCS[C@H]1CCC[C@@H]1NC(=O)c1cccs1. The lowest BCUT2D eigenvalue weighted by molar-refractivity contribution is 0.0943. The van der Waals surface area contributed by atoms with E-state index in [0.29, 0.717) is 11.3 Å². The van der Waals surface area contributed by atoms with Crippen molar-refractivity contribution in [1.29, 1.82) is 0 Å². The van der Waals surface area contributed by atoms with Gasteiger partial charge in [0.05, 0.1) is 4.88 Å². The second-order valence-corrected chi connectivity index (χ2v) is 6.45. The number of carbonyl (C=O) groups is 1. The normalized spacial score (nSPS) is 24.6. The predicted molar refractivity (Wildman–Crippen MR) is 71.3 cm³/mol. The first-order valence-corrected chi connectivity index (χ1v) is 7.70. The van der Waals surface area contributed by atoms with E-state index >= 15 is 0 Å². The second-order valence-electron chi connectivity index (χ2n) is 3.98. The molecule has 16 heavy (non-hydrogen) atoms. The van der Waals surface area contributed by atoms with Crippen molar-refractivity contribution in [2.45, 2.75) is 37.5 Å². The van der Waals surface area contributed by atoms with Gasteiger partial charge >= 0.3 is 0 Å². The molecule has 2 nitrogen and oxygen atoms in total. The first-order valence-electron chi connectivity index (χ1n) is 5.77. The fourth-order valence-corrected chi connectivity index (χ4v) is 3.98. The zero-order valence-corrected chi connectivity index (χ0v) is 11.1. The van der Waals surface area contributed by atoms with Gasteiger partial charge in [0.1, 0.15) is 0 Å². The third kappa shape index (κ3) is 2.80. The van der Waals surface area contributed by atoms with Gasteiger partial charge in [-0.1, -0.05) is 19.4 Å². The molecule has 1 aliphatic carbocycles. The van der Waals surface area contributed by atoms with Gasteiger partial charge in [-0.15, -0.1) is 11.3 Å². The van der Waals surface area contributed by atoms with Gasteiger partial charge in [-0.3, -0.25) is 4.79 Å². The maximum atomic E-state index is 11.9. The molecule has 0 aromatic carbocycles. The van der Waals surface area contributed by atoms with Crippen LogP contribution in [0.3, 0.4) is 0 Å². The van der Waals surface area contributed by atoms with Crippen LogP contribution in [0.5, 0.6) is 0 Å². The number of amides is 1. The summed E-state index contributed by atoms with van der Waals surface area (Å²) in [4.78, 5) is 12.7. The van der Waals surface area contributed by atoms with E-state index < -0.39 is 0 Å². The Kier molecular flexibility index (Phi) is 4.29. The number of rotatable bonds is 4. The molecule has 0 unspecified atom stereocenters. The highest BCUT2D eigenvalue weighted by Gasteiger charge is 2.28. The number of hydrogen-bond acceptors (Lipinski definition) is 3. The maximum absolute atomic E-state index is 11.9. The van der Waals surface area contributed by atoms with Crippen LogP contribution in [0.25, 0.3) is 0 Å². The molecular weight excluding hydrogens is 238 g/mol. The topological polar surface area (TPSA) is 29.1 Å². The van der Waals surface area contributed by atoms with Crippen LogP contribution in [-0.2, 0) is 0 Å². The van der Waals surface area contributed by atoms with Crippen LogP contribution in [0.2, 0.25) is 0 Å². The minimum atomic E-state index is 0.101. The third-order valence-electron chi connectivity index (χ3n) is 2.89. The molecule has 4 heteroatoms. The Balaban J connectivity index is 1.91. The van der Waals surface area contributed by atoms with Crippen LogP contribution in [0.4, 0.5) is 0 Å². The molecule has 88 valence electrons. The quantitative estimate of drug-likeness (QED) is 0.895. The summed E-state index contributed by atoms with van der Waals surface area (Å²) in [5, 5.41) is 5.73. The van der Waals surface area contributed by atoms with Gasteiger partial charge < -0.3 is 5.32 Å². The summed E-state index contributed by atoms with van der Waals surface area (Å²) >= 11 is 3.49. The largest absolute Gasteiger partial charge is 0.347 e. The Labute approximate surface area is 105 Å². The lowest BCUT2D eigenvalue weighted by Gasteiger charge is -2.19. The molecular formula is C12H17NOS2. The van der Waals surface area contributed by atoms with Crippen molar-refractivity contribution in [3.63, 3.8) is 0 Å². The van der Waals surface area contributed by atoms with E-state index in [9.17, 15) is 4.79 Å². The average Bonchev–Trinajstić information content (AvgIpc) is 2.90. The molecule has 1 amide bonds. The number of nitrogens with one attached hydrogen (secondary N) is 1. The number of carbonyl (C=O) groups excluding carboxylic acids is 1. The van der Waals surface area contributed by atoms with Crippen molar-refractivity contribution in [3.8, 4) is 0 Å². The highest BCUT2D eigenvalue weighted by molar-refractivity contribution is 7.99. The van der Waals surface area contributed by atoms with Gasteiger partial charge in [-0.2, -0.15) is 11.8 Å². The Hall–Kier alpha value is -0.480. The molecule has 2 rings (SSSR count). The minimum Gasteiger partial charge on any atom is -0.347 e. The van der Waals surface area contributed by atoms with E-state index in [2.05, 4.69) is 12.2 Å². The van der Waals surface area contributed by atoms with E-state index in [4.69, 9.17) is 0 Å². The van der Waals surface area contributed by atoms with Crippen LogP contribution in [-0.4, -0.2) is 23.0 Å². The Bertz CT molecular complexity index is 337. The maximum Gasteiger partial charge on any atom is 0.261 e. The second kappa shape index (κ2) is 5.73. The Morgan fingerprint density at radius 3 is 3.19 bits per heavy atom. The van der Waals surface area contributed by atoms with Crippen molar-refractivity contribution in [2.24, 2.45) is 0 Å². The summed E-state index contributed by atoms with van der Waals surface area (Å²) in [5.74, 6) is 1.24. The van der Waals surface area contributed by atoms with Gasteiger partial charge in [0, 0.05) is 11.3 Å². The summed E-state index contributed by atoms with van der Waals surface area (Å²) in [5.41, 5.74) is 0.